The van der Waals surface area contributed by atoms with Crippen LogP contribution in [-0.4, -0.2) is 22.2 Å². The normalized spacial score (nSPS) is 11.4. The Hall–Kier alpha value is -3.84. The number of nitrogens with zero attached hydrogens (tertiary/aromatic N) is 1. The lowest BCUT2D eigenvalue weighted by Crippen LogP contribution is -2.28. The second-order valence-electron chi connectivity index (χ2n) is 9.21. The van der Waals surface area contributed by atoms with E-state index in [4.69, 9.17) is 25.8 Å². The van der Waals surface area contributed by atoms with Gasteiger partial charge in [-0.3, -0.25) is 4.79 Å². The van der Waals surface area contributed by atoms with Crippen LogP contribution in [0.4, 0.5) is 9.18 Å². The van der Waals surface area contributed by atoms with Gasteiger partial charge in [-0.15, -0.1) is 0 Å². The van der Waals surface area contributed by atoms with E-state index >= 15 is 0 Å². The molecule has 0 saturated heterocycles. The van der Waals surface area contributed by atoms with Gasteiger partial charge in [0.15, 0.2) is 0 Å². The number of halogens is 2. The predicted molar refractivity (Wildman–Crippen MR) is 136 cm³/mol. The SMILES string of the molecule is CC(=O)Oc1ccc(-c2ccc(OCc3cc4ccc(F)cc4n3C(=O)OC(C)(C)C)cc2)cc1Cl. The molecule has 0 amide bonds. The Kier molecular flexibility index (Phi) is 7.04. The largest absolute Gasteiger partial charge is 0.487 e. The number of ether oxygens (including phenoxy) is 3. The summed E-state index contributed by atoms with van der Waals surface area (Å²) in [5.74, 6) is -0.0156. The summed E-state index contributed by atoms with van der Waals surface area (Å²) in [6, 6.07) is 18.5. The summed E-state index contributed by atoms with van der Waals surface area (Å²) in [7, 11) is 0. The van der Waals surface area contributed by atoms with Crippen molar-refractivity contribution in [3.05, 3.63) is 83.3 Å². The molecule has 3 aromatic carbocycles. The number of aromatic nitrogens is 1. The van der Waals surface area contributed by atoms with Gasteiger partial charge in [0.2, 0.25) is 0 Å². The summed E-state index contributed by atoms with van der Waals surface area (Å²) >= 11 is 6.23. The summed E-state index contributed by atoms with van der Waals surface area (Å²) in [6.45, 7) is 6.69. The third-order valence-electron chi connectivity index (χ3n) is 5.18. The zero-order chi connectivity index (χ0) is 26.0. The van der Waals surface area contributed by atoms with Gasteiger partial charge in [-0.2, -0.15) is 0 Å². The Bertz CT molecular complexity index is 1440. The average Bonchev–Trinajstić information content (AvgIpc) is 3.15. The molecule has 0 fully saturated rings. The second-order valence-corrected chi connectivity index (χ2v) is 9.61. The molecule has 0 unspecified atom stereocenters. The number of carbonyl (C=O) groups is 2. The molecule has 0 aliphatic heterocycles. The van der Waals surface area contributed by atoms with Gasteiger partial charge in [-0.25, -0.2) is 13.8 Å². The number of hydrogen-bond donors (Lipinski definition) is 0. The molecule has 4 rings (SSSR count). The van der Waals surface area contributed by atoms with E-state index in [0.717, 1.165) is 11.1 Å². The highest BCUT2D eigenvalue weighted by Crippen LogP contribution is 2.32. The maximum absolute atomic E-state index is 13.9. The van der Waals surface area contributed by atoms with Gasteiger partial charge >= 0.3 is 12.1 Å². The number of rotatable bonds is 5. The summed E-state index contributed by atoms with van der Waals surface area (Å²) in [4.78, 5) is 24.1. The topological polar surface area (TPSA) is 66.8 Å². The molecular formula is C28H25ClFNO5. The van der Waals surface area contributed by atoms with Gasteiger partial charge in [0.25, 0.3) is 0 Å². The molecule has 1 aromatic heterocycles. The molecule has 186 valence electrons. The average molecular weight is 510 g/mol. The molecule has 0 N–H and O–H groups in total. The molecule has 0 saturated carbocycles. The number of hydrogen-bond acceptors (Lipinski definition) is 5. The van der Waals surface area contributed by atoms with Crippen LogP contribution in [0.3, 0.4) is 0 Å². The zero-order valence-electron chi connectivity index (χ0n) is 20.3. The monoisotopic (exact) mass is 509 g/mol. The lowest BCUT2D eigenvalue weighted by atomic mass is 10.1. The molecule has 6 nitrogen and oxygen atoms in total. The van der Waals surface area contributed by atoms with Crippen LogP contribution in [0.25, 0.3) is 22.0 Å². The van der Waals surface area contributed by atoms with Crippen molar-refractivity contribution in [3.63, 3.8) is 0 Å². The highest BCUT2D eigenvalue weighted by Gasteiger charge is 2.22. The minimum Gasteiger partial charge on any atom is -0.487 e. The van der Waals surface area contributed by atoms with Crippen molar-refractivity contribution in [2.75, 3.05) is 0 Å². The molecule has 0 aliphatic rings. The van der Waals surface area contributed by atoms with Crippen LogP contribution in [-0.2, 0) is 16.1 Å². The van der Waals surface area contributed by atoms with E-state index in [1.807, 2.05) is 12.1 Å². The van der Waals surface area contributed by atoms with E-state index in [-0.39, 0.29) is 6.61 Å². The van der Waals surface area contributed by atoms with Crippen molar-refractivity contribution in [1.82, 2.24) is 4.57 Å². The summed E-state index contributed by atoms with van der Waals surface area (Å²) in [5, 5.41) is 1.03. The molecule has 1 heterocycles. The number of benzene rings is 3. The Balaban J connectivity index is 1.54. The first-order valence-corrected chi connectivity index (χ1v) is 11.6. The standard InChI is InChI=1S/C28H25ClFNO5/c1-17(32)35-26-12-8-19(14-24(26)29)18-6-10-23(11-7-18)34-16-22-13-20-5-9-21(30)15-25(20)31(22)27(33)36-28(2,3)4/h5-15H,16H2,1-4H3. The lowest BCUT2D eigenvalue weighted by molar-refractivity contribution is -0.131. The van der Waals surface area contributed by atoms with Gasteiger partial charge in [-0.1, -0.05) is 29.8 Å². The number of esters is 1. The fourth-order valence-electron chi connectivity index (χ4n) is 3.68. The van der Waals surface area contributed by atoms with Gasteiger partial charge in [0.1, 0.15) is 29.5 Å². The summed E-state index contributed by atoms with van der Waals surface area (Å²) < 4.78 is 31.8. The molecule has 4 aromatic rings. The van der Waals surface area contributed by atoms with Crippen molar-refractivity contribution < 1.29 is 28.2 Å². The highest BCUT2D eigenvalue weighted by molar-refractivity contribution is 6.32. The maximum atomic E-state index is 13.9. The fourth-order valence-corrected chi connectivity index (χ4v) is 3.90. The minimum atomic E-state index is -0.714. The lowest BCUT2D eigenvalue weighted by Gasteiger charge is -2.21. The van der Waals surface area contributed by atoms with E-state index in [2.05, 4.69) is 0 Å². The molecule has 0 radical (unpaired) electrons. The van der Waals surface area contributed by atoms with E-state index < -0.39 is 23.5 Å². The van der Waals surface area contributed by atoms with Crippen molar-refractivity contribution in [1.29, 1.82) is 0 Å². The maximum Gasteiger partial charge on any atom is 0.419 e. The van der Waals surface area contributed by atoms with E-state index in [1.165, 1.54) is 23.6 Å². The molecule has 0 spiro atoms. The van der Waals surface area contributed by atoms with Crippen molar-refractivity contribution in [2.24, 2.45) is 0 Å². The first-order chi connectivity index (χ1) is 17.0. The fraction of sp³-hybridized carbons (Fsp3) is 0.214. The van der Waals surface area contributed by atoms with Crippen LogP contribution in [0.2, 0.25) is 5.02 Å². The van der Waals surface area contributed by atoms with Gasteiger partial charge in [0, 0.05) is 12.3 Å². The van der Waals surface area contributed by atoms with Crippen LogP contribution in [0.1, 0.15) is 33.4 Å². The van der Waals surface area contributed by atoms with Gasteiger partial charge in [-0.05, 0) is 80.4 Å². The van der Waals surface area contributed by atoms with E-state index in [0.29, 0.717) is 33.1 Å². The van der Waals surface area contributed by atoms with Crippen LogP contribution in [0, 0.1) is 5.82 Å². The van der Waals surface area contributed by atoms with Gasteiger partial charge in [0.05, 0.1) is 16.2 Å². The zero-order valence-corrected chi connectivity index (χ0v) is 21.1. The molecule has 36 heavy (non-hydrogen) atoms. The number of carbonyl (C=O) groups excluding carboxylic acids is 2. The van der Waals surface area contributed by atoms with Crippen LogP contribution in [0.5, 0.6) is 11.5 Å². The molecule has 0 aliphatic carbocycles. The van der Waals surface area contributed by atoms with Crippen molar-refractivity contribution in [2.45, 2.75) is 39.9 Å². The Morgan fingerprint density at radius 3 is 2.28 bits per heavy atom. The first-order valence-electron chi connectivity index (χ1n) is 11.2. The molecule has 0 bridgehead atoms. The molecule has 8 heteroatoms. The van der Waals surface area contributed by atoms with Crippen LogP contribution in [0.15, 0.2) is 66.7 Å². The summed E-state index contributed by atoms with van der Waals surface area (Å²) in [6.07, 6.45) is -0.605. The quantitative estimate of drug-likeness (QED) is 0.207. The highest BCUT2D eigenvalue weighted by atomic mass is 35.5. The Morgan fingerprint density at radius 2 is 1.64 bits per heavy atom. The van der Waals surface area contributed by atoms with Crippen molar-refractivity contribution >= 4 is 34.6 Å². The number of fused-ring (bicyclic) bond motifs is 1. The minimum absolute atomic E-state index is 0.0673. The first kappa shape index (κ1) is 25.3. The van der Waals surface area contributed by atoms with E-state index in [1.54, 1.807) is 63.2 Å². The Labute approximate surface area is 213 Å². The van der Waals surface area contributed by atoms with Crippen molar-refractivity contribution in [3.8, 4) is 22.6 Å². The predicted octanol–water partition coefficient (Wildman–Crippen LogP) is 7.39. The molecule has 0 atom stereocenters. The smallest absolute Gasteiger partial charge is 0.419 e. The second kappa shape index (κ2) is 10.0. The third kappa shape index (κ3) is 5.86. The summed E-state index contributed by atoms with van der Waals surface area (Å²) in [5.41, 5.74) is 1.95. The Morgan fingerprint density at radius 1 is 0.944 bits per heavy atom. The third-order valence-corrected chi connectivity index (χ3v) is 5.47. The van der Waals surface area contributed by atoms with Crippen LogP contribution < -0.4 is 9.47 Å². The van der Waals surface area contributed by atoms with E-state index in [9.17, 15) is 14.0 Å². The van der Waals surface area contributed by atoms with Gasteiger partial charge < -0.3 is 14.2 Å². The molecular weight excluding hydrogens is 485 g/mol. The van der Waals surface area contributed by atoms with Crippen LogP contribution >= 0.6 is 11.6 Å².